The molecule has 1 amide bonds. The molecule has 0 unspecified atom stereocenters. The van der Waals surface area contributed by atoms with Crippen molar-refractivity contribution in [3.63, 3.8) is 0 Å². The number of amides is 1. The van der Waals surface area contributed by atoms with E-state index in [-0.39, 0.29) is 17.6 Å². The fourth-order valence-electron chi connectivity index (χ4n) is 2.18. The van der Waals surface area contributed by atoms with Gasteiger partial charge in [0.2, 0.25) is 11.8 Å². The molecule has 1 aliphatic heterocycles. The zero-order valence-electron chi connectivity index (χ0n) is 13.7. The lowest BCUT2D eigenvalue weighted by Gasteiger charge is -2.09. The Morgan fingerprint density at radius 3 is 2.79 bits per heavy atom. The molecule has 0 saturated carbocycles. The number of anilines is 1. The molecular formula is C17H20N2O4S. The second-order valence-corrected chi connectivity index (χ2v) is 6.82. The van der Waals surface area contributed by atoms with Gasteiger partial charge in [-0.15, -0.1) is 11.8 Å². The normalized spacial score (nSPS) is 13.6. The summed E-state index contributed by atoms with van der Waals surface area (Å²) in [5, 5.41) is 6.63. The number of carbonyl (C=O) groups excluding carboxylic acids is 1. The first kappa shape index (κ1) is 16.7. The second-order valence-electron chi connectivity index (χ2n) is 5.77. The molecule has 0 atom stereocenters. The number of aromatic nitrogens is 1. The minimum atomic E-state index is -0.140. The minimum absolute atomic E-state index is 0.140. The van der Waals surface area contributed by atoms with Crippen molar-refractivity contribution in [2.24, 2.45) is 0 Å². The number of nitrogens with zero attached hydrogens (tertiary/aromatic N) is 1. The van der Waals surface area contributed by atoms with Crippen molar-refractivity contribution in [2.45, 2.75) is 31.1 Å². The van der Waals surface area contributed by atoms with Crippen molar-refractivity contribution in [3.8, 4) is 11.5 Å². The molecule has 7 heteroatoms. The van der Waals surface area contributed by atoms with E-state index in [1.165, 1.54) is 11.8 Å². The molecule has 1 aromatic heterocycles. The van der Waals surface area contributed by atoms with Crippen LogP contribution in [-0.4, -0.2) is 30.0 Å². The molecule has 128 valence electrons. The van der Waals surface area contributed by atoms with Gasteiger partial charge in [-0.2, -0.15) is 0 Å². The molecular weight excluding hydrogens is 328 g/mol. The maximum atomic E-state index is 12.0. The van der Waals surface area contributed by atoms with Gasteiger partial charge < -0.3 is 14.0 Å². The van der Waals surface area contributed by atoms with Crippen molar-refractivity contribution in [1.29, 1.82) is 0 Å². The molecule has 2 heterocycles. The van der Waals surface area contributed by atoms with E-state index < -0.39 is 0 Å². The number of rotatable bonds is 5. The van der Waals surface area contributed by atoms with Crippen LogP contribution in [0.4, 0.5) is 5.88 Å². The number of hydrogen-bond donors (Lipinski definition) is 1. The highest BCUT2D eigenvalue weighted by Gasteiger charge is 2.13. The van der Waals surface area contributed by atoms with E-state index in [0.717, 1.165) is 28.5 Å². The first-order valence-corrected chi connectivity index (χ1v) is 8.89. The molecule has 0 aliphatic carbocycles. The molecule has 0 fully saturated rings. The highest BCUT2D eigenvalue weighted by Crippen LogP contribution is 2.33. The van der Waals surface area contributed by atoms with Gasteiger partial charge in [0.05, 0.1) is 24.7 Å². The summed E-state index contributed by atoms with van der Waals surface area (Å²) in [4.78, 5) is 13.0. The molecule has 1 aromatic carbocycles. The van der Waals surface area contributed by atoms with Crippen LogP contribution in [0.2, 0.25) is 0 Å². The SMILES string of the molecule is CC(C)c1cc(NC(=O)CSc2ccc3c(c2)OCCCO3)on1. The molecule has 1 N–H and O–H groups in total. The maximum Gasteiger partial charge on any atom is 0.237 e. The van der Waals surface area contributed by atoms with Gasteiger partial charge in [0.15, 0.2) is 11.5 Å². The number of hydrogen-bond acceptors (Lipinski definition) is 6. The number of nitrogens with one attached hydrogen (secondary N) is 1. The Hall–Kier alpha value is -2.15. The highest BCUT2D eigenvalue weighted by molar-refractivity contribution is 8.00. The lowest BCUT2D eigenvalue weighted by molar-refractivity contribution is -0.113. The van der Waals surface area contributed by atoms with Gasteiger partial charge in [0.25, 0.3) is 0 Å². The van der Waals surface area contributed by atoms with Gasteiger partial charge in [-0.05, 0) is 24.1 Å². The van der Waals surface area contributed by atoms with Crippen molar-refractivity contribution in [2.75, 3.05) is 24.3 Å². The Bertz CT molecular complexity index is 714. The van der Waals surface area contributed by atoms with E-state index in [0.29, 0.717) is 19.1 Å². The summed E-state index contributed by atoms with van der Waals surface area (Å²) in [7, 11) is 0. The highest BCUT2D eigenvalue weighted by atomic mass is 32.2. The number of thioether (sulfide) groups is 1. The predicted molar refractivity (Wildman–Crippen MR) is 92.0 cm³/mol. The van der Waals surface area contributed by atoms with E-state index in [4.69, 9.17) is 14.0 Å². The predicted octanol–water partition coefficient (Wildman–Crippen LogP) is 3.69. The minimum Gasteiger partial charge on any atom is -0.490 e. The largest absolute Gasteiger partial charge is 0.490 e. The molecule has 3 rings (SSSR count). The summed E-state index contributed by atoms with van der Waals surface area (Å²) in [5.74, 6) is 2.26. The fourth-order valence-corrected chi connectivity index (χ4v) is 2.90. The molecule has 0 bridgehead atoms. The number of benzene rings is 1. The lowest BCUT2D eigenvalue weighted by atomic mass is 10.1. The molecule has 2 aromatic rings. The van der Waals surface area contributed by atoms with Crippen LogP contribution in [0.5, 0.6) is 11.5 Å². The molecule has 0 spiro atoms. The molecule has 1 aliphatic rings. The van der Waals surface area contributed by atoms with Crippen LogP contribution in [0.1, 0.15) is 31.9 Å². The van der Waals surface area contributed by atoms with Crippen molar-refractivity contribution >= 4 is 23.6 Å². The zero-order chi connectivity index (χ0) is 16.9. The first-order chi connectivity index (χ1) is 11.6. The van der Waals surface area contributed by atoms with E-state index in [1.54, 1.807) is 6.07 Å². The van der Waals surface area contributed by atoms with Crippen molar-refractivity contribution < 1.29 is 18.8 Å². The lowest BCUT2D eigenvalue weighted by Crippen LogP contribution is -2.13. The van der Waals surface area contributed by atoms with Gasteiger partial charge in [-0.25, -0.2) is 0 Å². The van der Waals surface area contributed by atoms with Crippen LogP contribution in [0.25, 0.3) is 0 Å². The summed E-state index contributed by atoms with van der Waals surface area (Å²) in [6, 6.07) is 7.47. The third kappa shape index (κ3) is 4.23. The van der Waals surface area contributed by atoms with E-state index in [9.17, 15) is 4.79 Å². The van der Waals surface area contributed by atoms with Crippen LogP contribution in [-0.2, 0) is 4.79 Å². The van der Waals surface area contributed by atoms with Crippen LogP contribution in [0.15, 0.2) is 33.7 Å². The second kappa shape index (κ2) is 7.61. The number of fused-ring (bicyclic) bond motifs is 1. The fraction of sp³-hybridized carbons (Fsp3) is 0.412. The smallest absolute Gasteiger partial charge is 0.237 e. The van der Waals surface area contributed by atoms with Crippen molar-refractivity contribution in [3.05, 3.63) is 30.0 Å². The summed E-state index contributed by atoms with van der Waals surface area (Å²) < 4.78 is 16.4. The maximum absolute atomic E-state index is 12.0. The summed E-state index contributed by atoms with van der Waals surface area (Å²) in [6.45, 7) is 5.34. The topological polar surface area (TPSA) is 73.6 Å². The van der Waals surface area contributed by atoms with E-state index >= 15 is 0 Å². The van der Waals surface area contributed by atoms with E-state index in [2.05, 4.69) is 10.5 Å². The number of carbonyl (C=O) groups is 1. The van der Waals surface area contributed by atoms with Gasteiger partial charge >= 0.3 is 0 Å². The van der Waals surface area contributed by atoms with Gasteiger partial charge in [0, 0.05) is 17.4 Å². The molecule has 24 heavy (non-hydrogen) atoms. The van der Waals surface area contributed by atoms with Crippen LogP contribution >= 0.6 is 11.8 Å². The monoisotopic (exact) mass is 348 g/mol. The average molecular weight is 348 g/mol. The van der Waals surface area contributed by atoms with Crippen LogP contribution < -0.4 is 14.8 Å². The molecule has 6 nitrogen and oxygen atoms in total. The summed E-state index contributed by atoms with van der Waals surface area (Å²) in [6.07, 6.45) is 0.870. The molecule has 0 saturated heterocycles. The van der Waals surface area contributed by atoms with Gasteiger partial charge in [-0.3, -0.25) is 10.1 Å². The van der Waals surface area contributed by atoms with Crippen molar-refractivity contribution in [1.82, 2.24) is 5.16 Å². The first-order valence-electron chi connectivity index (χ1n) is 7.91. The third-order valence-electron chi connectivity index (χ3n) is 3.47. The quantitative estimate of drug-likeness (QED) is 0.831. The Morgan fingerprint density at radius 2 is 2.04 bits per heavy atom. The standard InChI is InChI=1S/C17H20N2O4S/c1-11(2)13-9-17(23-19-13)18-16(20)10-24-12-4-5-14-15(8-12)22-7-3-6-21-14/h4-5,8-9,11H,3,6-7,10H2,1-2H3,(H,18,20). The Balaban J connectivity index is 1.55. The van der Waals surface area contributed by atoms with Gasteiger partial charge in [-0.1, -0.05) is 19.0 Å². The zero-order valence-corrected chi connectivity index (χ0v) is 14.5. The third-order valence-corrected chi connectivity index (χ3v) is 4.47. The summed E-state index contributed by atoms with van der Waals surface area (Å²) >= 11 is 1.43. The van der Waals surface area contributed by atoms with Crippen LogP contribution in [0, 0.1) is 0 Å². The van der Waals surface area contributed by atoms with Gasteiger partial charge in [0.1, 0.15) is 0 Å². The summed E-state index contributed by atoms with van der Waals surface area (Å²) in [5.41, 5.74) is 0.820. The number of ether oxygens (including phenoxy) is 2. The Kier molecular flexibility index (Phi) is 5.30. The average Bonchev–Trinajstić information content (AvgIpc) is 2.90. The van der Waals surface area contributed by atoms with Crippen LogP contribution in [0.3, 0.4) is 0 Å². The Labute approximate surface area is 144 Å². The van der Waals surface area contributed by atoms with E-state index in [1.807, 2.05) is 32.0 Å². The Morgan fingerprint density at radius 1 is 1.25 bits per heavy atom. The molecule has 0 radical (unpaired) electrons.